The van der Waals surface area contributed by atoms with Gasteiger partial charge in [-0.3, -0.25) is 9.78 Å². The molecule has 0 fully saturated rings. The molecule has 2 N–H and O–H groups in total. The van der Waals surface area contributed by atoms with E-state index in [9.17, 15) is 4.79 Å². The molecule has 1 amide bonds. The van der Waals surface area contributed by atoms with Crippen molar-refractivity contribution in [1.29, 1.82) is 0 Å². The van der Waals surface area contributed by atoms with Crippen LogP contribution >= 0.6 is 0 Å². The minimum Gasteiger partial charge on any atom is -0.386 e. The minimum atomic E-state index is -0.113. The number of nitrogens with zero attached hydrogens (tertiary/aromatic N) is 1. The number of hydrogen-bond acceptors (Lipinski definition) is 4. The molecule has 0 saturated carbocycles. The smallest absolute Gasteiger partial charge is 0.253 e. The number of carbonyl (C=O) groups excluding carboxylic acids is 1. The summed E-state index contributed by atoms with van der Waals surface area (Å²) < 4.78 is 5.12. The Morgan fingerprint density at radius 1 is 1.50 bits per heavy atom. The van der Waals surface area contributed by atoms with Gasteiger partial charge in [0, 0.05) is 20.4 Å². The van der Waals surface area contributed by atoms with Crippen LogP contribution in [-0.2, 0) is 4.74 Å². The van der Waals surface area contributed by atoms with E-state index >= 15 is 0 Å². The maximum absolute atomic E-state index is 12.2. The van der Waals surface area contributed by atoms with Crippen molar-refractivity contribution in [3.05, 3.63) is 24.0 Å². The minimum absolute atomic E-state index is 0.000344. The van der Waals surface area contributed by atoms with E-state index < -0.39 is 0 Å². The van der Waals surface area contributed by atoms with E-state index in [4.69, 9.17) is 4.74 Å². The molecule has 0 aromatic carbocycles. The highest BCUT2D eigenvalue weighted by atomic mass is 16.5. The molecule has 5 heteroatoms. The second kappa shape index (κ2) is 6.96. The predicted molar refractivity (Wildman–Crippen MR) is 71.8 cm³/mol. The van der Waals surface area contributed by atoms with Crippen LogP contribution < -0.4 is 10.6 Å². The molecule has 0 aliphatic rings. The Morgan fingerprint density at radius 3 is 2.78 bits per heavy atom. The van der Waals surface area contributed by atoms with Gasteiger partial charge in [0.15, 0.2) is 0 Å². The molecule has 0 radical (unpaired) electrons. The summed E-state index contributed by atoms with van der Waals surface area (Å²) in [5.74, 6) is 0.200. The van der Waals surface area contributed by atoms with E-state index in [1.165, 1.54) is 0 Å². The van der Waals surface area contributed by atoms with Gasteiger partial charge in [-0.25, -0.2) is 0 Å². The Labute approximate surface area is 108 Å². The first-order valence-electron chi connectivity index (χ1n) is 6.01. The molecule has 0 aliphatic heterocycles. The van der Waals surface area contributed by atoms with Crippen LogP contribution in [-0.4, -0.2) is 37.7 Å². The van der Waals surface area contributed by atoms with Crippen LogP contribution in [0.4, 0.5) is 5.69 Å². The zero-order chi connectivity index (χ0) is 13.5. The molecule has 1 aromatic heterocycles. The molecule has 0 spiro atoms. The quantitative estimate of drug-likeness (QED) is 0.804. The summed E-state index contributed by atoms with van der Waals surface area (Å²) >= 11 is 0. The van der Waals surface area contributed by atoms with Crippen molar-refractivity contribution >= 4 is 11.6 Å². The summed E-state index contributed by atoms with van der Waals surface area (Å²) in [6.45, 7) is 4.61. The topological polar surface area (TPSA) is 63.2 Å². The van der Waals surface area contributed by atoms with Gasteiger partial charge in [0.1, 0.15) is 0 Å². The number of carbonyl (C=O) groups is 1. The molecule has 1 heterocycles. The third-order valence-electron chi connectivity index (χ3n) is 2.80. The van der Waals surface area contributed by atoms with Crippen molar-refractivity contribution in [3.63, 3.8) is 0 Å². The van der Waals surface area contributed by atoms with Crippen molar-refractivity contribution in [1.82, 2.24) is 10.3 Å². The van der Waals surface area contributed by atoms with Gasteiger partial charge in [-0.05, 0) is 12.0 Å². The van der Waals surface area contributed by atoms with Crippen molar-refractivity contribution in [3.8, 4) is 0 Å². The summed E-state index contributed by atoms with van der Waals surface area (Å²) in [6.07, 6.45) is 3.24. The first-order chi connectivity index (χ1) is 8.60. The molecular formula is C13H21N3O2. The largest absolute Gasteiger partial charge is 0.386 e. The first-order valence-corrected chi connectivity index (χ1v) is 6.01. The lowest BCUT2D eigenvalue weighted by atomic mass is 10.0. The third kappa shape index (κ3) is 3.70. The Bertz CT molecular complexity index is 394. The number of methoxy groups -OCH3 is 1. The zero-order valence-corrected chi connectivity index (χ0v) is 11.4. The third-order valence-corrected chi connectivity index (χ3v) is 2.80. The fourth-order valence-electron chi connectivity index (χ4n) is 1.62. The molecule has 0 saturated heterocycles. The summed E-state index contributed by atoms with van der Waals surface area (Å²) in [4.78, 5) is 16.2. The number of aromatic nitrogens is 1. The van der Waals surface area contributed by atoms with Crippen LogP contribution in [0, 0.1) is 5.92 Å². The number of nitrogens with one attached hydrogen (secondary N) is 2. The molecular weight excluding hydrogens is 230 g/mol. The normalized spacial score (nSPS) is 12.3. The highest BCUT2D eigenvalue weighted by Gasteiger charge is 2.18. The van der Waals surface area contributed by atoms with E-state index in [0.717, 1.165) is 5.69 Å². The summed E-state index contributed by atoms with van der Waals surface area (Å²) in [6, 6.07) is 1.70. The lowest BCUT2D eigenvalue weighted by Gasteiger charge is -2.22. The fourth-order valence-corrected chi connectivity index (χ4v) is 1.62. The monoisotopic (exact) mass is 251 g/mol. The number of pyridine rings is 1. The first kappa shape index (κ1) is 14.4. The second-order valence-electron chi connectivity index (χ2n) is 4.45. The van der Waals surface area contributed by atoms with Crippen LogP contribution in [0.3, 0.4) is 0 Å². The van der Waals surface area contributed by atoms with Gasteiger partial charge >= 0.3 is 0 Å². The lowest BCUT2D eigenvalue weighted by Crippen LogP contribution is -2.41. The Kier molecular flexibility index (Phi) is 5.58. The number of rotatable bonds is 6. The molecule has 18 heavy (non-hydrogen) atoms. The number of ether oxygens (including phenoxy) is 1. The Morgan fingerprint density at radius 2 is 2.22 bits per heavy atom. The zero-order valence-electron chi connectivity index (χ0n) is 11.4. The summed E-state index contributed by atoms with van der Waals surface area (Å²) in [7, 11) is 3.40. The highest BCUT2D eigenvalue weighted by molar-refractivity contribution is 5.99. The van der Waals surface area contributed by atoms with Crippen LogP contribution in [0.25, 0.3) is 0 Å². The van der Waals surface area contributed by atoms with Gasteiger partial charge in [0.25, 0.3) is 5.91 Å². The molecule has 1 unspecified atom stereocenters. The fraction of sp³-hybridized carbons (Fsp3) is 0.538. The molecule has 0 aliphatic carbocycles. The molecule has 5 nitrogen and oxygen atoms in total. The standard InChI is InChI=1S/C13H21N3O2/c1-9(2)12(8-18-4)16-13(17)10-5-6-15-7-11(10)14-3/h5-7,9,12,14H,8H2,1-4H3,(H,16,17). The lowest BCUT2D eigenvalue weighted by molar-refractivity contribution is 0.0867. The van der Waals surface area contributed by atoms with E-state index in [1.54, 1.807) is 32.6 Å². The molecule has 1 aromatic rings. The van der Waals surface area contributed by atoms with Gasteiger partial charge in [0.05, 0.1) is 30.1 Å². The average molecular weight is 251 g/mol. The number of amides is 1. The van der Waals surface area contributed by atoms with Gasteiger partial charge in [0.2, 0.25) is 0 Å². The van der Waals surface area contributed by atoms with Gasteiger partial charge in [-0.15, -0.1) is 0 Å². The number of anilines is 1. The van der Waals surface area contributed by atoms with Gasteiger partial charge in [-0.2, -0.15) is 0 Å². The van der Waals surface area contributed by atoms with Crippen molar-refractivity contribution < 1.29 is 9.53 Å². The van der Waals surface area contributed by atoms with E-state index in [0.29, 0.717) is 18.1 Å². The van der Waals surface area contributed by atoms with Crippen LogP contribution in [0.1, 0.15) is 24.2 Å². The van der Waals surface area contributed by atoms with Crippen molar-refractivity contribution in [2.75, 3.05) is 26.1 Å². The van der Waals surface area contributed by atoms with Gasteiger partial charge < -0.3 is 15.4 Å². The molecule has 1 atom stereocenters. The maximum Gasteiger partial charge on any atom is 0.253 e. The highest BCUT2D eigenvalue weighted by Crippen LogP contribution is 2.13. The van der Waals surface area contributed by atoms with Gasteiger partial charge in [-0.1, -0.05) is 13.8 Å². The van der Waals surface area contributed by atoms with Crippen LogP contribution in [0.5, 0.6) is 0 Å². The van der Waals surface area contributed by atoms with E-state index in [1.807, 2.05) is 0 Å². The van der Waals surface area contributed by atoms with E-state index in [-0.39, 0.29) is 11.9 Å². The van der Waals surface area contributed by atoms with Crippen molar-refractivity contribution in [2.24, 2.45) is 5.92 Å². The van der Waals surface area contributed by atoms with Crippen LogP contribution in [0.2, 0.25) is 0 Å². The summed E-state index contributed by atoms with van der Waals surface area (Å²) in [5, 5.41) is 5.93. The maximum atomic E-state index is 12.2. The SMILES string of the molecule is CNc1cnccc1C(=O)NC(COC)C(C)C. The Hall–Kier alpha value is -1.62. The molecule has 100 valence electrons. The van der Waals surface area contributed by atoms with Crippen molar-refractivity contribution in [2.45, 2.75) is 19.9 Å². The number of hydrogen-bond donors (Lipinski definition) is 2. The molecule has 0 bridgehead atoms. The Balaban J connectivity index is 2.80. The van der Waals surface area contributed by atoms with Crippen LogP contribution in [0.15, 0.2) is 18.5 Å². The van der Waals surface area contributed by atoms with E-state index in [2.05, 4.69) is 29.5 Å². The summed E-state index contributed by atoms with van der Waals surface area (Å²) in [5.41, 5.74) is 1.31. The second-order valence-corrected chi connectivity index (χ2v) is 4.45. The molecule has 1 rings (SSSR count). The average Bonchev–Trinajstić information content (AvgIpc) is 2.37. The predicted octanol–water partition coefficient (Wildman–Crippen LogP) is 1.52.